The molecule has 1 rings (SSSR count). The molecular weight excluding hydrogens is 214 g/mol. The number of aromatic carboxylic acids is 1. The first-order valence-electron chi connectivity index (χ1n) is 4.99. The highest BCUT2D eigenvalue weighted by molar-refractivity contribution is 6.29. The number of rotatable bonds is 4. The van der Waals surface area contributed by atoms with E-state index in [0.29, 0.717) is 0 Å². The van der Waals surface area contributed by atoms with Gasteiger partial charge in [-0.2, -0.15) is 0 Å². The average molecular weight is 228 g/mol. The van der Waals surface area contributed by atoms with Crippen LogP contribution in [0.15, 0.2) is 12.1 Å². The Morgan fingerprint density at radius 2 is 2.07 bits per heavy atom. The summed E-state index contributed by atoms with van der Waals surface area (Å²) in [6, 6.07) is 2.97. The maximum Gasteiger partial charge on any atom is 0.335 e. The van der Waals surface area contributed by atoms with Gasteiger partial charge in [-0.25, -0.2) is 9.78 Å². The molecule has 0 amide bonds. The summed E-state index contributed by atoms with van der Waals surface area (Å²) in [5, 5.41) is 9.12. The second-order valence-electron chi connectivity index (χ2n) is 3.42. The van der Waals surface area contributed by atoms with Crippen molar-refractivity contribution in [3.63, 3.8) is 0 Å². The van der Waals surface area contributed by atoms with Crippen LogP contribution in [0.3, 0.4) is 0 Å². The lowest BCUT2D eigenvalue weighted by molar-refractivity contribution is 0.0696. The number of halogens is 1. The molecule has 0 saturated carbocycles. The smallest absolute Gasteiger partial charge is 0.335 e. The van der Waals surface area contributed by atoms with Gasteiger partial charge in [0.25, 0.3) is 0 Å². The molecule has 0 bridgehead atoms. The van der Waals surface area contributed by atoms with E-state index >= 15 is 0 Å². The minimum Gasteiger partial charge on any atom is -0.478 e. The van der Waals surface area contributed by atoms with E-state index in [2.05, 4.69) is 18.8 Å². The fourth-order valence-corrected chi connectivity index (χ4v) is 1.77. The van der Waals surface area contributed by atoms with E-state index in [4.69, 9.17) is 16.7 Å². The van der Waals surface area contributed by atoms with Crippen molar-refractivity contribution in [3.8, 4) is 0 Å². The monoisotopic (exact) mass is 227 g/mol. The topological polar surface area (TPSA) is 50.2 Å². The molecule has 1 aromatic heterocycles. The molecule has 1 aromatic rings. The molecule has 0 spiro atoms. The van der Waals surface area contributed by atoms with Crippen LogP contribution in [0, 0.1) is 0 Å². The minimum absolute atomic E-state index is 0.205. The SMILES string of the molecule is CCC(CC)c1cc(C(=O)O)cc(Cl)n1. The Morgan fingerprint density at radius 1 is 1.47 bits per heavy atom. The van der Waals surface area contributed by atoms with Crippen LogP contribution < -0.4 is 0 Å². The van der Waals surface area contributed by atoms with Gasteiger partial charge >= 0.3 is 5.97 Å². The second-order valence-corrected chi connectivity index (χ2v) is 3.81. The van der Waals surface area contributed by atoms with Gasteiger partial charge in [0.05, 0.1) is 5.56 Å². The minimum atomic E-state index is -0.966. The number of carboxylic acid groups (broad SMARTS) is 1. The van der Waals surface area contributed by atoms with Crippen LogP contribution in [0.4, 0.5) is 0 Å². The van der Waals surface area contributed by atoms with E-state index in [-0.39, 0.29) is 16.6 Å². The number of aromatic nitrogens is 1. The lowest BCUT2D eigenvalue weighted by Gasteiger charge is -2.12. The van der Waals surface area contributed by atoms with Gasteiger partial charge in [0.2, 0.25) is 0 Å². The van der Waals surface area contributed by atoms with Gasteiger partial charge in [0.15, 0.2) is 0 Å². The van der Waals surface area contributed by atoms with Gasteiger partial charge in [-0.1, -0.05) is 25.4 Å². The first-order valence-corrected chi connectivity index (χ1v) is 5.37. The summed E-state index contributed by atoms with van der Waals surface area (Å²) in [7, 11) is 0. The Labute approximate surface area is 94.1 Å². The highest BCUT2D eigenvalue weighted by atomic mass is 35.5. The predicted molar refractivity (Wildman–Crippen MR) is 59.5 cm³/mol. The van der Waals surface area contributed by atoms with Crippen LogP contribution in [0.1, 0.15) is 48.7 Å². The van der Waals surface area contributed by atoms with Crippen molar-refractivity contribution in [2.75, 3.05) is 0 Å². The third-order valence-corrected chi connectivity index (χ3v) is 2.66. The number of carbonyl (C=O) groups is 1. The Morgan fingerprint density at radius 3 is 2.53 bits per heavy atom. The van der Waals surface area contributed by atoms with E-state index in [9.17, 15) is 4.79 Å². The highest BCUT2D eigenvalue weighted by Crippen LogP contribution is 2.23. The fourth-order valence-electron chi connectivity index (χ4n) is 1.56. The first-order chi connectivity index (χ1) is 7.08. The average Bonchev–Trinajstić information content (AvgIpc) is 2.18. The molecule has 0 aliphatic heterocycles. The zero-order valence-corrected chi connectivity index (χ0v) is 9.58. The molecule has 4 heteroatoms. The standard InChI is InChI=1S/C11H14ClNO2/c1-3-7(4-2)9-5-8(11(14)15)6-10(12)13-9/h5-7H,3-4H2,1-2H3,(H,14,15). The number of nitrogens with zero attached hydrogens (tertiary/aromatic N) is 1. The second kappa shape index (κ2) is 5.12. The number of hydrogen-bond donors (Lipinski definition) is 1. The number of pyridine rings is 1. The number of carboxylic acids is 1. The van der Waals surface area contributed by atoms with Crippen LogP contribution in [-0.2, 0) is 0 Å². The molecule has 1 N–H and O–H groups in total. The normalized spacial score (nSPS) is 10.7. The quantitative estimate of drug-likeness (QED) is 0.803. The molecule has 0 unspecified atom stereocenters. The Bertz CT molecular complexity index is 362. The summed E-state index contributed by atoms with van der Waals surface area (Å²) in [5.74, 6) is -0.687. The molecule has 0 aliphatic rings. The van der Waals surface area contributed by atoms with Crippen molar-refractivity contribution in [2.45, 2.75) is 32.6 Å². The number of hydrogen-bond acceptors (Lipinski definition) is 2. The van der Waals surface area contributed by atoms with E-state index < -0.39 is 5.97 Å². The van der Waals surface area contributed by atoms with Crippen molar-refractivity contribution in [1.82, 2.24) is 4.98 Å². The summed E-state index contributed by atoms with van der Waals surface area (Å²) in [6.45, 7) is 4.11. The molecule has 0 aliphatic carbocycles. The summed E-state index contributed by atoms with van der Waals surface area (Å²) in [6.07, 6.45) is 1.87. The molecule has 1 heterocycles. The van der Waals surface area contributed by atoms with Gasteiger partial charge in [-0.3, -0.25) is 0 Å². The summed E-state index contributed by atoms with van der Waals surface area (Å²) < 4.78 is 0. The molecule has 3 nitrogen and oxygen atoms in total. The van der Waals surface area contributed by atoms with Crippen molar-refractivity contribution >= 4 is 17.6 Å². The van der Waals surface area contributed by atoms with Crippen molar-refractivity contribution in [2.24, 2.45) is 0 Å². The lowest BCUT2D eigenvalue weighted by atomic mass is 9.98. The maximum absolute atomic E-state index is 10.8. The molecule has 0 radical (unpaired) electrons. The summed E-state index contributed by atoms with van der Waals surface area (Å²) in [5.41, 5.74) is 0.974. The summed E-state index contributed by atoms with van der Waals surface area (Å²) >= 11 is 5.78. The van der Waals surface area contributed by atoms with E-state index in [1.54, 1.807) is 6.07 Å². The van der Waals surface area contributed by atoms with E-state index in [1.807, 2.05) is 0 Å². The zero-order valence-electron chi connectivity index (χ0n) is 8.83. The Hall–Kier alpha value is -1.09. The predicted octanol–water partition coefficient (Wildman–Crippen LogP) is 3.34. The van der Waals surface area contributed by atoms with Crippen molar-refractivity contribution < 1.29 is 9.90 Å². The van der Waals surface area contributed by atoms with Gasteiger partial charge < -0.3 is 5.11 Å². The molecule has 0 saturated heterocycles. The molecule has 82 valence electrons. The Balaban J connectivity index is 3.13. The summed E-state index contributed by atoms with van der Waals surface area (Å²) in [4.78, 5) is 15.0. The molecule has 0 atom stereocenters. The maximum atomic E-state index is 10.8. The van der Waals surface area contributed by atoms with Crippen molar-refractivity contribution in [3.05, 3.63) is 28.5 Å². The van der Waals surface area contributed by atoms with Crippen LogP contribution in [0.2, 0.25) is 5.15 Å². The van der Waals surface area contributed by atoms with Crippen LogP contribution in [0.5, 0.6) is 0 Å². The highest BCUT2D eigenvalue weighted by Gasteiger charge is 2.13. The van der Waals surface area contributed by atoms with E-state index in [0.717, 1.165) is 18.5 Å². The largest absolute Gasteiger partial charge is 0.478 e. The van der Waals surface area contributed by atoms with Gasteiger partial charge in [0.1, 0.15) is 5.15 Å². The van der Waals surface area contributed by atoms with E-state index in [1.165, 1.54) is 6.07 Å². The van der Waals surface area contributed by atoms with Crippen molar-refractivity contribution in [1.29, 1.82) is 0 Å². The first kappa shape index (κ1) is 12.0. The van der Waals surface area contributed by atoms with Crippen LogP contribution in [0.25, 0.3) is 0 Å². The Kier molecular flexibility index (Phi) is 4.09. The zero-order chi connectivity index (χ0) is 11.4. The third-order valence-electron chi connectivity index (χ3n) is 2.46. The van der Waals surface area contributed by atoms with Gasteiger partial charge in [-0.05, 0) is 25.0 Å². The third kappa shape index (κ3) is 2.93. The molecule has 15 heavy (non-hydrogen) atoms. The molecular formula is C11H14ClNO2. The lowest BCUT2D eigenvalue weighted by Crippen LogP contribution is -2.04. The molecule has 0 fully saturated rings. The molecule has 0 aromatic carbocycles. The van der Waals surface area contributed by atoms with Gasteiger partial charge in [-0.15, -0.1) is 0 Å². The fraction of sp³-hybridized carbons (Fsp3) is 0.455. The van der Waals surface area contributed by atoms with Gasteiger partial charge in [0, 0.05) is 11.6 Å². The van der Waals surface area contributed by atoms with Crippen LogP contribution >= 0.6 is 11.6 Å². The van der Waals surface area contributed by atoms with Crippen LogP contribution in [-0.4, -0.2) is 16.1 Å².